The second kappa shape index (κ2) is 5.54. The molecule has 0 aromatic rings. The quantitative estimate of drug-likeness (QED) is 0.580. The molecule has 0 aromatic heterocycles. The van der Waals surface area contributed by atoms with Gasteiger partial charge in [-0.15, -0.1) is 0 Å². The zero-order valence-corrected chi connectivity index (χ0v) is 12.5. The van der Waals surface area contributed by atoms with Gasteiger partial charge in [-0.1, -0.05) is 20.8 Å². The third kappa shape index (κ3) is 4.10. The van der Waals surface area contributed by atoms with E-state index < -0.39 is 27.3 Å². The summed E-state index contributed by atoms with van der Waals surface area (Å²) in [6.45, 7) is 6.20. The second-order valence-corrected chi connectivity index (χ2v) is 7.86. The number of halogens is 3. The van der Waals surface area contributed by atoms with Crippen LogP contribution in [0.3, 0.4) is 0 Å². The fraction of sp³-hybridized carbons (Fsp3) is 0.917. The maximum atomic E-state index is 12.1. The minimum absolute atomic E-state index is 0.0726. The normalized spacial score (nSPS) is 26.6. The summed E-state index contributed by atoms with van der Waals surface area (Å²) in [5.74, 6) is -1.51. The lowest BCUT2D eigenvalue weighted by molar-refractivity contribution is -0.225. The highest BCUT2D eigenvalue weighted by atomic mass is 32.2. The first-order valence-electron chi connectivity index (χ1n) is 6.43. The number of rotatable bonds is 2. The van der Waals surface area contributed by atoms with Crippen molar-refractivity contribution in [1.82, 2.24) is 0 Å². The van der Waals surface area contributed by atoms with Gasteiger partial charge >= 0.3 is 15.5 Å². The van der Waals surface area contributed by atoms with E-state index in [1.54, 1.807) is 0 Å². The van der Waals surface area contributed by atoms with Gasteiger partial charge in [0.15, 0.2) is 0 Å². The molecule has 0 heterocycles. The Morgan fingerprint density at radius 1 is 1.10 bits per heavy atom. The molecule has 0 saturated heterocycles. The van der Waals surface area contributed by atoms with Crippen molar-refractivity contribution >= 4 is 15.9 Å². The second-order valence-electron chi connectivity index (χ2n) is 6.26. The van der Waals surface area contributed by atoms with Crippen LogP contribution in [-0.4, -0.2) is 19.8 Å². The lowest BCUT2D eigenvalue weighted by atomic mass is 9.70. The molecule has 0 aromatic carbocycles. The van der Waals surface area contributed by atoms with Crippen LogP contribution in [0.15, 0.2) is 4.40 Å². The molecule has 1 aliphatic rings. The smallest absolute Gasteiger partial charge is 0.518 e. The van der Waals surface area contributed by atoms with Gasteiger partial charge in [0, 0.05) is 0 Å². The van der Waals surface area contributed by atoms with Crippen LogP contribution in [0.1, 0.15) is 46.5 Å². The maximum Gasteiger partial charge on any atom is 0.518 e. The van der Waals surface area contributed by atoms with Gasteiger partial charge in [0.1, 0.15) is 0 Å². The van der Waals surface area contributed by atoms with E-state index in [0.717, 1.165) is 0 Å². The summed E-state index contributed by atoms with van der Waals surface area (Å²) in [6, 6.07) is 0. The zero-order valence-electron chi connectivity index (χ0n) is 11.7. The lowest BCUT2D eigenvalue weighted by Gasteiger charge is -2.38. The first-order chi connectivity index (χ1) is 8.84. The fourth-order valence-corrected chi connectivity index (χ4v) is 2.94. The molecule has 0 aliphatic heterocycles. The van der Waals surface area contributed by atoms with Crippen LogP contribution in [0.5, 0.6) is 0 Å². The van der Waals surface area contributed by atoms with E-state index in [4.69, 9.17) is 0 Å². The Balaban J connectivity index is 2.76. The van der Waals surface area contributed by atoms with Gasteiger partial charge in [-0.25, -0.2) is 0 Å². The van der Waals surface area contributed by atoms with Crippen LogP contribution < -0.4 is 5.11 Å². The highest BCUT2D eigenvalue weighted by Crippen LogP contribution is 2.40. The van der Waals surface area contributed by atoms with Gasteiger partial charge in [0.2, 0.25) is 0 Å². The molecule has 0 spiro atoms. The number of nitrogens with zero attached hydrogens (tertiary/aromatic N) is 1. The largest absolute Gasteiger partial charge is 0.861 e. The van der Waals surface area contributed by atoms with Crippen molar-refractivity contribution in [3.05, 3.63) is 0 Å². The summed E-state index contributed by atoms with van der Waals surface area (Å²) < 4.78 is 60.5. The van der Waals surface area contributed by atoms with Crippen molar-refractivity contribution in [1.29, 1.82) is 0 Å². The Bertz CT molecular complexity index is 469. The highest BCUT2D eigenvalue weighted by Gasteiger charge is 2.46. The molecule has 118 valence electrons. The minimum atomic E-state index is -5.71. The SMILES string of the molecule is CC(C)(C)C1CCC(/C([O-])=N/S(=O)(=O)C(F)(F)F)CC1. The van der Waals surface area contributed by atoms with Crippen LogP contribution in [-0.2, 0) is 10.0 Å². The van der Waals surface area contributed by atoms with Crippen LogP contribution in [0.25, 0.3) is 0 Å². The standard InChI is InChI=1S/C12H20F3NO3S/c1-11(2,3)9-6-4-8(5-7-9)10(17)16-20(18,19)12(13,14)15/h8-9H,4-7H2,1-3H3,(H,16,17)/p-1. The summed E-state index contributed by atoms with van der Waals surface area (Å²) in [5, 5.41) is 11.6. The fourth-order valence-electron chi connectivity index (χ4n) is 2.45. The van der Waals surface area contributed by atoms with Crippen LogP contribution in [0.4, 0.5) is 13.2 Å². The number of sulfonamides is 1. The van der Waals surface area contributed by atoms with Crippen LogP contribution in [0.2, 0.25) is 0 Å². The van der Waals surface area contributed by atoms with E-state index in [1.807, 2.05) is 0 Å². The van der Waals surface area contributed by atoms with Crippen LogP contribution in [0, 0.1) is 17.3 Å². The number of hydrogen-bond acceptors (Lipinski definition) is 3. The average molecular weight is 314 g/mol. The van der Waals surface area contributed by atoms with Crippen molar-refractivity contribution in [2.75, 3.05) is 0 Å². The summed E-state index contributed by atoms with van der Waals surface area (Å²) in [6.07, 6.45) is 2.16. The predicted molar refractivity (Wildman–Crippen MR) is 67.3 cm³/mol. The molecule has 0 atom stereocenters. The molecule has 1 rings (SSSR count). The topological polar surface area (TPSA) is 69.6 Å². The summed E-state index contributed by atoms with van der Waals surface area (Å²) in [4.78, 5) is 0. The van der Waals surface area contributed by atoms with E-state index in [9.17, 15) is 26.7 Å². The molecule has 8 heteroatoms. The molecule has 4 nitrogen and oxygen atoms in total. The third-order valence-corrected chi connectivity index (χ3v) is 4.81. The van der Waals surface area contributed by atoms with Gasteiger partial charge in [0.05, 0.1) is 0 Å². The molecule has 1 fully saturated rings. The molecular formula is C12H19F3NO3S-. The van der Waals surface area contributed by atoms with Gasteiger partial charge in [-0.2, -0.15) is 26.0 Å². The van der Waals surface area contributed by atoms with Gasteiger partial charge in [-0.05, 0) is 48.8 Å². The Hall–Kier alpha value is -0.790. The van der Waals surface area contributed by atoms with Crippen molar-refractivity contribution in [2.45, 2.75) is 52.0 Å². The molecular weight excluding hydrogens is 295 g/mol. The zero-order chi connectivity index (χ0) is 15.8. The predicted octanol–water partition coefficient (Wildman–Crippen LogP) is 2.45. The van der Waals surface area contributed by atoms with Crippen molar-refractivity contribution in [3.8, 4) is 0 Å². The van der Waals surface area contributed by atoms with Crippen LogP contribution >= 0.6 is 0 Å². The number of alkyl halides is 3. The maximum absolute atomic E-state index is 12.1. The third-order valence-electron chi connectivity index (χ3n) is 3.80. The van der Waals surface area contributed by atoms with Gasteiger partial charge < -0.3 is 5.11 Å². The molecule has 0 radical (unpaired) electrons. The van der Waals surface area contributed by atoms with Crippen molar-refractivity contribution < 1.29 is 26.7 Å². The summed E-state index contributed by atoms with van der Waals surface area (Å²) >= 11 is 0. The first-order valence-corrected chi connectivity index (χ1v) is 7.87. The van der Waals surface area contributed by atoms with E-state index in [1.165, 1.54) is 0 Å². The molecule has 1 aliphatic carbocycles. The van der Waals surface area contributed by atoms with Crippen molar-refractivity contribution in [3.63, 3.8) is 0 Å². The summed E-state index contributed by atoms with van der Waals surface area (Å²) in [5.41, 5.74) is -5.44. The van der Waals surface area contributed by atoms with E-state index in [-0.39, 0.29) is 5.41 Å². The Kier molecular flexibility index (Phi) is 4.78. The molecule has 0 unspecified atom stereocenters. The highest BCUT2D eigenvalue weighted by molar-refractivity contribution is 7.91. The molecule has 0 amide bonds. The molecule has 20 heavy (non-hydrogen) atoms. The monoisotopic (exact) mass is 314 g/mol. The lowest BCUT2D eigenvalue weighted by Crippen LogP contribution is -2.36. The average Bonchev–Trinajstić information content (AvgIpc) is 2.26. The van der Waals surface area contributed by atoms with E-state index >= 15 is 0 Å². The molecule has 0 N–H and O–H groups in total. The minimum Gasteiger partial charge on any atom is -0.861 e. The van der Waals surface area contributed by atoms with E-state index in [0.29, 0.717) is 31.6 Å². The molecule has 0 bridgehead atoms. The first kappa shape index (κ1) is 17.3. The van der Waals surface area contributed by atoms with Gasteiger partial charge in [0.25, 0.3) is 0 Å². The van der Waals surface area contributed by atoms with Crippen molar-refractivity contribution in [2.24, 2.45) is 21.6 Å². The Morgan fingerprint density at radius 3 is 1.90 bits per heavy atom. The molecule has 1 saturated carbocycles. The summed E-state index contributed by atoms with van der Waals surface area (Å²) in [7, 11) is -5.71. The van der Waals surface area contributed by atoms with Gasteiger partial charge in [-0.3, -0.25) is 0 Å². The Morgan fingerprint density at radius 2 is 1.55 bits per heavy atom. The number of hydrogen-bond donors (Lipinski definition) is 0. The Labute approximate surface area is 117 Å². The van der Waals surface area contributed by atoms with E-state index in [2.05, 4.69) is 25.2 Å².